The van der Waals surface area contributed by atoms with Crippen LogP contribution in [0.25, 0.3) is 11.5 Å². The van der Waals surface area contributed by atoms with Gasteiger partial charge in [0.05, 0.1) is 32.0 Å². The first-order valence-corrected chi connectivity index (χ1v) is 10.5. The van der Waals surface area contributed by atoms with Crippen molar-refractivity contribution in [1.82, 2.24) is 4.98 Å². The van der Waals surface area contributed by atoms with Crippen LogP contribution in [-0.2, 0) is 20.8 Å². The van der Waals surface area contributed by atoms with E-state index in [0.717, 1.165) is 42.7 Å². The highest BCUT2D eigenvalue weighted by molar-refractivity contribution is 5.54. The Kier molecular flexibility index (Phi) is 8.47. The molecule has 6 nitrogen and oxygen atoms in total. The second-order valence-electron chi connectivity index (χ2n) is 7.77. The molecule has 0 bridgehead atoms. The zero-order valence-corrected chi connectivity index (χ0v) is 17.8. The Balaban J connectivity index is 1.49. The first-order chi connectivity index (χ1) is 14.6. The molecule has 1 fully saturated rings. The maximum Gasteiger partial charge on any atom is 0.226 e. The van der Waals surface area contributed by atoms with Gasteiger partial charge in [0.25, 0.3) is 0 Å². The predicted octanol–water partition coefficient (Wildman–Crippen LogP) is 3.81. The molecular weight excluding hydrogens is 382 g/mol. The van der Waals surface area contributed by atoms with Crippen molar-refractivity contribution >= 4 is 0 Å². The number of aliphatic hydroxyl groups is 1. The lowest BCUT2D eigenvalue weighted by atomic mass is 9.95. The van der Waals surface area contributed by atoms with E-state index in [1.54, 1.807) is 0 Å². The summed E-state index contributed by atoms with van der Waals surface area (Å²) in [4.78, 5) is 4.64. The van der Waals surface area contributed by atoms with E-state index in [0.29, 0.717) is 19.1 Å². The van der Waals surface area contributed by atoms with Gasteiger partial charge in [-0.2, -0.15) is 0 Å². The average molecular weight is 414 g/mol. The number of nitrogens with zero attached hydrogens (tertiary/aromatic N) is 1. The van der Waals surface area contributed by atoms with Crippen LogP contribution in [0.5, 0.6) is 0 Å². The fourth-order valence-corrected chi connectivity index (χ4v) is 3.63. The molecular formula is C24H31NO5. The maximum atomic E-state index is 9.36. The van der Waals surface area contributed by atoms with Crippen molar-refractivity contribution in [3.05, 3.63) is 41.3 Å². The van der Waals surface area contributed by atoms with Crippen LogP contribution in [0.4, 0.5) is 0 Å². The lowest BCUT2D eigenvalue weighted by molar-refractivity contribution is -0.0882. The molecule has 1 aromatic heterocycles. The fourth-order valence-electron chi connectivity index (χ4n) is 3.63. The van der Waals surface area contributed by atoms with Crippen molar-refractivity contribution in [2.45, 2.75) is 64.4 Å². The van der Waals surface area contributed by atoms with Gasteiger partial charge in [0.2, 0.25) is 5.89 Å². The van der Waals surface area contributed by atoms with Gasteiger partial charge < -0.3 is 23.7 Å². The number of benzene rings is 1. The van der Waals surface area contributed by atoms with Crippen LogP contribution in [0.2, 0.25) is 0 Å². The highest BCUT2D eigenvalue weighted by atomic mass is 16.5. The summed E-state index contributed by atoms with van der Waals surface area (Å²) in [6.45, 7) is 4.79. The first kappa shape index (κ1) is 22.5. The molecule has 30 heavy (non-hydrogen) atoms. The van der Waals surface area contributed by atoms with Crippen LogP contribution in [-0.4, -0.2) is 48.2 Å². The molecule has 0 radical (unpaired) electrons. The summed E-state index contributed by atoms with van der Waals surface area (Å²) in [6, 6.07) is 8.11. The monoisotopic (exact) mass is 413 g/mol. The van der Waals surface area contributed by atoms with E-state index >= 15 is 0 Å². The van der Waals surface area contributed by atoms with Crippen molar-refractivity contribution < 1.29 is 23.7 Å². The molecule has 0 amide bonds. The normalized spacial score (nSPS) is 20.1. The van der Waals surface area contributed by atoms with Crippen molar-refractivity contribution in [3.63, 3.8) is 0 Å². The van der Waals surface area contributed by atoms with Gasteiger partial charge >= 0.3 is 0 Å². The van der Waals surface area contributed by atoms with Gasteiger partial charge in [0.1, 0.15) is 24.2 Å². The second-order valence-corrected chi connectivity index (χ2v) is 7.77. The van der Waals surface area contributed by atoms with E-state index in [1.807, 2.05) is 19.1 Å². The molecule has 0 aliphatic heterocycles. The number of aryl methyl sites for hydroxylation is 2. The summed E-state index contributed by atoms with van der Waals surface area (Å²) in [7, 11) is 0. The van der Waals surface area contributed by atoms with Crippen LogP contribution in [0.3, 0.4) is 0 Å². The predicted molar refractivity (Wildman–Crippen MR) is 114 cm³/mol. The van der Waals surface area contributed by atoms with Crippen LogP contribution in [0.15, 0.2) is 28.7 Å². The Hall–Kier alpha value is -2.17. The summed E-state index contributed by atoms with van der Waals surface area (Å²) in [5.41, 5.74) is 2.97. The Morgan fingerprint density at radius 1 is 1.27 bits per heavy atom. The van der Waals surface area contributed by atoms with Gasteiger partial charge in [-0.1, -0.05) is 23.6 Å². The third kappa shape index (κ3) is 6.41. The Morgan fingerprint density at radius 3 is 2.80 bits per heavy atom. The highest BCUT2D eigenvalue weighted by Gasteiger charge is 2.25. The van der Waals surface area contributed by atoms with Crippen molar-refractivity contribution in [1.29, 1.82) is 0 Å². The van der Waals surface area contributed by atoms with E-state index in [-0.39, 0.29) is 31.5 Å². The van der Waals surface area contributed by atoms with E-state index in [9.17, 15) is 5.11 Å². The van der Waals surface area contributed by atoms with E-state index in [1.165, 1.54) is 5.56 Å². The summed E-state index contributed by atoms with van der Waals surface area (Å²) in [5, 5.41) is 9.36. The highest BCUT2D eigenvalue weighted by Crippen LogP contribution is 2.27. The minimum absolute atomic E-state index is 0.0912. The van der Waals surface area contributed by atoms with Crippen LogP contribution in [0, 0.1) is 26.2 Å². The number of terminal acetylenes is 1. The minimum atomic E-state index is -0.389. The number of rotatable bonds is 10. The van der Waals surface area contributed by atoms with Crippen LogP contribution in [0.1, 0.15) is 42.7 Å². The van der Waals surface area contributed by atoms with Crippen LogP contribution < -0.4 is 0 Å². The largest absolute Gasteiger partial charge is 0.441 e. The first-order valence-electron chi connectivity index (χ1n) is 10.5. The van der Waals surface area contributed by atoms with E-state index < -0.39 is 0 Å². The minimum Gasteiger partial charge on any atom is -0.441 e. The molecule has 3 atom stereocenters. The summed E-state index contributed by atoms with van der Waals surface area (Å²) in [5.74, 6) is 3.82. The number of hydrogen-bond acceptors (Lipinski definition) is 6. The zero-order chi connectivity index (χ0) is 21.3. The third-order valence-corrected chi connectivity index (χ3v) is 5.32. The van der Waals surface area contributed by atoms with Gasteiger partial charge in [0.15, 0.2) is 0 Å². The molecule has 1 aliphatic rings. The van der Waals surface area contributed by atoms with Gasteiger partial charge in [-0.25, -0.2) is 4.98 Å². The van der Waals surface area contributed by atoms with Crippen molar-refractivity contribution in [3.8, 4) is 23.8 Å². The number of oxazole rings is 1. The molecule has 1 aromatic carbocycles. The number of aromatic nitrogens is 1. The Bertz CT molecular complexity index is 840. The molecule has 0 spiro atoms. The van der Waals surface area contributed by atoms with Crippen molar-refractivity contribution in [2.24, 2.45) is 0 Å². The smallest absolute Gasteiger partial charge is 0.226 e. The topological polar surface area (TPSA) is 74.0 Å². The molecule has 1 saturated carbocycles. The lowest BCUT2D eigenvalue weighted by Gasteiger charge is -2.30. The molecule has 1 N–H and O–H groups in total. The third-order valence-electron chi connectivity index (χ3n) is 5.32. The molecule has 0 saturated heterocycles. The second kappa shape index (κ2) is 11.3. The molecule has 2 aromatic rings. The number of ether oxygens (including phenoxy) is 3. The van der Waals surface area contributed by atoms with Crippen molar-refractivity contribution in [2.75, 3.05) is 19.8 Å². The summed E-state index contributed by atoms with van der Waals surface area (Å²) < 4.78 is 23.3. The summed E-state index contributed by atoms with van der Waals surface area (Å²) in [6.07, 6.45) is 8.84. The molecule has 3 rings (SSSR count). The fraction of sp³-hybridized carbons (Fsp3) is 0.542. The Morgan fingerprint density at radius 2 is 2.07 bits per heavy atom. The average Bonchev–Trinajstić information content (AvgIpc) is 3.13. The Labute approximate surface area is 178 Å². The molecule has 1 aliphatic carbocycles. The molecule has 1 heterocycles. The maximum absolute atomic E-state index is 9.36. The molecule has 6 heteroatoms. The molecule has 162 valence electrons. The SMILES string of the molecule is C#CCOC(CO)COC1CCCC(OCc2nc(-c3cccc(C)c3)oc2C)C1. The number of hydrogen-bond donors (Lipinski definition) is 1. The lowest BCUT2D eigenvalue weighted by Crippen LogP contribution is -2.32. The standard InChI is InChI=1S/C24H31NO5/c1-4-11-27-22(14-26)15-28-20-9-6-10-21(13-20)29-16-23-18(3)30-24(25-23)19-8-5-7-17(2)12-19/h1,5,7-8,12,20-22,26H,6,9-11,13-16H2,2-3H3. The molecule has 3 unspecified atom stereocenters. The van der Waals surface area contributed by atoms with Gasteiger partial charge in [-0.3, -0.25) is 0 Å². The van der Waals surface area contributed by atoms with Crippen LogP contribution >= 0.6 is 0 Å². The zero-order valence-electron chi connectivity index (χ0n) is 17.8. The summed E-state index contributed by atoms with van der Waals surface area (Å²) >= 11 is 0. The van der Waals surface area contributed by atoms with Gasteiger partial charge in [-0.05, 0) is 51.7 Å². The van der Waals surface area contributed by atoms with E-state index in [2.05, 4.69) is 30.0 Å². The number of aliphatic hydroxyl groups excluding tert-OH is 1. The quantitative estimate of drug-likeness (QED) is 0.597. The van der Waals surface area contributed by atoms with E-state index in [4.69, 9.17) is 25.1 Å². The van der Waals surface area contributed by atoms with Gasteiger partial charge in [0, 0.05) is 5.56 Å². The van der Waals surface area contributed by atoms with Gasteiger partial charge in [-0.15, -0.1) is 6.42 Å².